The first kappa shape index (κ1) is 8.81. The summed E-state index contributed by atoms with van der Waals surface area (Å²) in [5.41, 5.74) is -0.331. The molecule has 0 aliphatic heterocycles. The molecule has 0 atom stereocenters. The van der Waals surface area contributed by atoms with Crippen molar-refractivity contribution in [1.82, 2.24) is 0 Å². The molecule has 0 aromatic heterocycles. The molecule has 0 aromatic carbocycles. The minimum Gasteiger partial charge on any atom is -0.481 e. The Kier molecular flexibility index (Phi) is 3.32. The molecular weight excluding hydrogens is 136 g/mol. The van der Waals surface area contributed by atoms with Crippen molar-refractivity contribution < 1.29 is 20.1 Å². The minimum absolute atomic E-state index is 0.178. The number of rotatable bonds is 3. The topological polar surface area (TPSA) is 77.8 Å². The molecule has 0 bridgehead atoms. The lowest BCUT2D eigenvalue weighted by atomic mass is 10.2. The summed E-state index contributed by atoms with van der Waals surface area (Å²) >= 11 is 0. The second-order valence-corrected chi connectivity index (χ2v) is 1.86. The van der Waals surface area contributed by atoms with Gasteiger partial charge in [-0.3, -0.25) is 0 Å². The normalized spacial score (nSPS) is 8.90. The van der Waals surface area contributed by atoms with Gasteiger partial charge < -0.3 is 15.3 Å². The van der Waals surface area contributed by atoms with Gasteiger partial charge in [0, 0.05) is 0 Å². The Labute approximate surface area is 58.4 Å². The third-order valence-electron chi connectivity index (χ3n) is 1.03. The molecule has 0 radical (unpaired) electrons. The molecule has 0 aliphatic carbocycles. The van der Waals surface area contributed by atoms with Crippen molar-refractivity contribution in [1.29, 1.82) is 0 Å². The highest BCUT2D eigenvalue weighted by molar-refractivity contribution is 5.86. The van der Waals surface area contributed by atoms with Gasteiger partial charge in [0.1, 0.15) is 5.57 Å². The van der Waals surface area contributed by atoms with Gasteiger partial charge in [-0.15, -0.1) is 0 Å². The van der Waals surface area contributed by atoms with Gasteiger partial charge in [-0.2, -0.15) is 0 Å². The van der Waals surface area contributed by atoms with Crippen LogP contribution in [-0.2, 0) is 4.79 Å². The van der Waals surface area contributed by atoms with Crippen LogP contribution in [0.15, 0.2) is 11.5 Å². The lowest BCUT2D eigenvalue weighted by Crippen LogP contribution is -2.03. The first-order valence-electron chi connectivity index (χ1n) is 2.94. The number of aliphatic hydroxyl groups is 2. The number of carbonyl (C=O) groups is 1. The van der Waals surface area contributed by atoms with Crippen LogP contribution in [0.25, 0.3) is 0 Å². The van der Waals surface area contributed by atoms with Crippen molar-refractivity contribution in [2.75, 3.05) is 0 Å². The highest BCUT2D eigenvalue weighted by Gasteiger charge is 2.11. The van der Waals surface area contributed by atoms with Gasteiger partial charge in [-0.25, -0.2) is 4.79 Å². The second kappa shape index (κ2) is 3.76. The van der Waals surface area contributed by atoms with Crippen LogP contribution in [-0.4, -0.2) is 21.3 Å². The number of hydrogen-bond acceptors (Lipinski definition) is 3. The van der Waals surface area contributed by atoms with Gasteiger partial charge in [0.05, 0.1) is 0 Å². The van der Waals surface area contributed by atoms with E-state index in [1.165, 1.54) is 0 Å². The van der Waals surface area contributed by atoms with E-state index in [9.17, 15) is 4.79 Å². The highest BCUT2D eigenvalue weighted by Crippen LogP contribution is 2.06. The Morgan fingerprint density at radius 3 is 1.90 bits per heavy atom. The van der Waals surface area contributed by atoms with E-state index >= 15 is 0 Å². The molecule has 4 nitrogen and oxygen atoms in total. The first-order valence-corrected chi connectivity index (χ1v) is 2.94. The Morgan fingerprint density at radius 2 is 1.80 bits per heavy atom. The predicted octanol–water partition coefficient (Wildman–Crippen LogP) is 1.20. The van der Waals surface area contributed by atoms with E-state index in [1.807, 2.05) is 0 Å². The van der Waals surface area contributed by atoms with Crippen molar-refractivity contribution >= 4 is 5.97 Å². The molecule has 0 heterocycles. The van der Waals surface area contributed by atoms with Crippen LogP contribution >= 0.6 is 0 Å². The second-order valence-electron chi connectivity index (χ2n) is 1.86. The van der Waals surface area contributed by atoms with E-state index in [0.717, 1.165) is 0 Å². The Balaban J connectivity index is 4.28. The van der Waals surface area contributed by atoms with Crippen molar-refractivity contribution in [3.8, 4) is 0 Å². The standard InChI is InChI=1S/C6H10O4/c1-2-3-4(5(7)8)6(9)10/h7-8H,2-3H2,1H3,(H,9,10). The summed E-state index contributed by atoms with van der Waals surface area (Å²) in [6, 6.07) is 0. The maximum atomic E-state index is 10.2. The number of carboxylic acids is 1. The number of aliphatic carboxylic acids is 1. The van der Waals surface area contributed by atoms with Crippen molar-refractivity contribution in [2.24, 2.45) is 0 Å². The SMILES string of the molecule is CCCC(C(=O)O)=C(O)O. The highest BCUT2D eigenvalue weighted by atomic mass is 16.5. The molecule has 0 amide bonds. The average Bonchev–Trinajstić information content (AvgIpc) is 1.81. The smallest absolute Gasteiger partial charge is 0.338 e. The monoisotopic (exact) mass is 146 g/mol. The van der Waals surface area contributed by atoms with E-state index in [0.29, 0.717) is 6.42 Å². The van der Waals surface area contributed by atoms with E-state index in [4.69, 9.17) is 15.3 Å². The molecule has 0 rings (SSSR count). The molecule has 0 unspecified atom stereocenters. The van der Waals surface area contributed by atoms with Crippen LogP contribution in [0.3, 0.4) is 0 Å². The molecule has 0 saturated carbocycles. The van der Waals surface area contributed by atoms with Crippen LogP contribution < -0.4 is 0 Å². The molecule has 0 aliphatic rings. The Hall–Kier alpha value is -1.19. The summed E-state index contributed by atoms with van der Waals surface area (Å²) < 4.78 is 0. The third-order valence-corrected chi connectivity index (χ3v) is 1.03. The van der Waals surface area contributed by atoms with Gasteiger partial charge in [-0.1, -0.05) is 13.3 Å². The first-order chi connectivity index (χ1) is 4.59. The molecule has 0 fully saturated rings. The summed E-state index contributed by atoms with van der Waals surface area (Å²) in [6.45, 7) is 1.76. The zero-order valence-corrected chi connectivity index (χ0v) is 5.66. The molecule has 0 spiro atoms. The summed E-state index contributed by atoms with van der Waals surface area (Å²) in [6.07, 6.45) is 0.754. The van der Waals surface area contributed by atoms with E-state index in [1.54, 1.807) is 6.92 Å². The molecule has 0 aromatic rings. The van der Waals surface area contributed by atoms with Crippen LogP contribution in [0.1, 0.15) is 19.8 Å². The maximum absolute atomic E-state index is 10.2. The zero-order valence-electron chi connectivity index (χ0n) is 5.66. The molecule has 58 valence electrons. The predicted molar refractivity (Wildman–Crippen MR) is 34.8 cm³/mol. The van der Waals surface area contributed by atoms with Gasteiger partial charge in [0.2, 0.25) is 0 Å². The van der Waals surface area contributed by atoms with E-state index < -0.39 is 11.9 Å². The number of aliphatic hydroxyl groups excluding tert-OH is 1. The molecule has 4 heteroatoms. The Bertz CT molecular complexity index is 155. The average molecular weight is 146 g/mol. The molecular formula is C6H10O4. The molecule has 0 saturated heterocycles. The summed E-state index contributed by atoms with van der Waals surface area (Å²) in [5.74, 6) is -2.36. The third kappa shape index (κ3) is 2.39. The van der Waals surface area contributed by atoms with Crippen LogP contribution in [0.4, 0.5) is 0 Å². The maximum Gasteiger partial charge on any atom is 0.338 e. The van der Waals surface area contributed by atoms with Crippen molar-refractivity contribution in [3.63, 3.8) is 0 Å². The summed E-state index contributed by atoms with van der Waals surface area (Å²) in [7, 11) is 0. The number of hydrogen-bond donors (Lipinski definition) is 3. The summed E-state index contributed by atoms with van der Waals surface area (Å²) in [5, 5.41) is 25.0. The molecule has 3 N–H and O–H groups in total. The quantitative estimate of drug-likeness (QED) is 0.413. The van der Waals surface area contributed by atoms with Crippen LogP contribution in [0.5, 0.6) is 0 Å². The van der Waals surface area contributed by atoms with Crippen LogP contribution in [0, 0.1) is 0 Å². The van der Waals surface area contributed by atoms with Gasteiger partial charge in [0.15, 0.2) is 0 Å². The van der Waals surface area contributed by atoms with Gasteiger partial charge in [-0.05, 0) is 6.42 Å². The van der Waals surface area contributed by atoms with Crippen molar-refractivity contribution in [2.45, 2.75) is 19.8 Å². The fourth-order valence-corrected chi connectivity index (χ4v) is 0.564. The molecule has 10 heavy (non-hydrogen) atoms. The lowest BCUT2D eigenvalue weighted by molar-refractivity contribution is -0.133. The van der Waals surface area contributed by atoms with Crippen molar-refractivity contribution in [3.05, 3.63) is 11.5 Å². The lowest BCUT2D eigenvalue weighted by Gasteiger charge is -1.97. The fourth-order valence-electron chi connectivity index (χ4n) is 0.564. The summed E-state index contributed by atoms with van der Waals surface area (Å²) in [4.78, 5) is 10.2. The minimum atomic E-state index is -1.28. The fraction of sp³-hybridized carbons (Fsp3) is 0.500. The van der Waals surface area contributed by atoms with Crippen LogP contribution in [0.2, 0.25) is 0 Å². The zero-order chi connectivity index (χ0) is 8.15. The van der Waals surface area contributed by atoms with Gasteiger partial charge in [0.25, 0.3) is 5.95 Å². The largest absolute Gasteiger partial charge is 0.481 e. The Morgan fingerprint density at radius 1 is 1.30 bits per heavy atom. The van der Waals surface area contributed by atoms with Gasteiger partial charge >= 0.3 is 5.97 Å². The van der Waals surface area contributed by atoms with E-state index in [-0.39, 0.29) is 12.0 Å². The van der Waals surface area contributed by atoms with E-state index in [2.05, 4.69) is 0 Å². The number of carboxylic acid groups (broad SMARTS) is 1.